The highest BCUT2D eigenvalue weighted by atomic mass is 79.9. The first-order valence-corrected chi connectivity index (χ1v) is 5.35. The molecule has 0 heterocycles. The topological polar surface area (TPSA) is 12.0 Å². The third-order valence-electron chi connectivity index (χ3n) is 2.03. The van der Waals surface area contributed by atoms with E-state index in [1.165, 1.54) is 13.0 Å². The van der Waals surface area contributed by atoms with Gasteiger partial charge in [0, 0.05) is 16.7 Å². The first kappa shape index (κ1) is 13.1. The molecule has 0 aliphatic carbocycles. The highest BCUT2D eigenvalue weighted by Crippen LogP contribution is 2.33. The predicted molar refractivity (Wildman–Crippen MR) is 62.7 cm³/mol. The van der Waals surface area contributed by atoms with Crippen LogP contribution in [0.5, 0.6) is 0 Å². The van der Waals surface area contributed by atoms with Crippen LogP contribution in [0.3, 0.4) is 0 Å². The molecule has 0 amide bonds. The molecule has 0 fully saturated rings. The highest BCUT2D eigenvalue weighted by Gasteiger charge is 2.32. The van der Waals surface area contributed by atoms with Gasteiger partial charge < -0.3 is 5.32 Å². The average molecular weight is 294 g/mol. The molecule has 0 saturated heterocycles. The van der Waals surface area contributed by atoms with Gasteiger partial charge >= 0.3 is 6.18 Å². The van der Waals surface area contributed by atoms with Gasteiger partial charge in [0.1, 0.15) is 0 Å². The second-order valence-electron chi connectivity index (χ2n) is 3.40. The van der Waals surface area contributed by atoms with Gasteiger partial charge in [-0.2, -0.15) is 13.2 Å². The molecule has 1 N–H and O–H groups in total. The average Bonchev–Trinajstić information content (AvgIpc) is 2.14. The van der Waals surface area contributed by atoms with E-state index >= 15 is 0 Å². The summed E-state index contributed by atoms with van der Waals surface area (Å²) in [6.45, 7) is 5.42. The summed E-state index contributed by atoms with van der Waals surface area (Å²) in [7, 11) is 0. The second-order valence-corrected chi connectivity index (χ2v) is 4.52. The molecule has 0 aliphatic heterocycles. The molecule has 0 aromatic heterocycles. The van der Waals surface area contributed by atoms with E-state index in [4.69, 9.17) is 0 Å². The number of nitrogens with one attached hydrogen (secondary N) is 1. The normalized spacial score (nSPS) is 11.3. The largest absolute Gasteiger partial charge is 0.416 e. The molecular weight excluding hydrogens is 283 g/mol. The van der Waals surface area contributed by atoms with Crippen LogP contribution in [0.4, 0.5) is 18.9 Å². The van der Waals surface area contributed by atoms with Crippen molar-refractivity contribution in [1.82, 2.24) is 0 Å². The van der Waals surface area contributed by atoms with Crippen LogP contribution in [0.15, 0.2) is 29.3 Å². The van der Waals surface area contributed by atoms with Crippen LogP contribution in [0, 0.1) is 6.92 Å². The number of aryl methyl sites for hydroxylation is 1. The maximum absolute atomic E-state index is 12.6. The maximum Gasteiger partial charge on any atom is 0.416 e. The predicted octanol–water partition coefficient (Wildman–Crippen LogP) is 4.33. The Hall–Kier alpha value is -0.970. The van der Waals surface area contributed by atoms with Gasteiger partial charge in [-0.05, 0) is 24.6 Å². The first-order valence-electron chi connectivity index (χ1n) is 4.55. The summed E-state index contributed by atoms with van der Waals surface area (Å²) in [6, 6.07) is 4.16. The molecule has 1 nitrogen and oxygen atoms in total. The molecule has 1 aromatic rings. The van der Waals surface area contributed by atoms with Crippen LogP contribution in [0.1, 0.15) is 11.1 Å². The molecule has 0 bridgehead atoms. The summed E-state index contributed by atoms with van der Waals surface area (Å²) in [5.74, 6) is 0. The number of alkyl halides is 3. The summed E-state index contributed by atoms with van der Waals surface area (Å²) < 4.78 is 38.4. The van der Waals surface area contributed by atoms with Crippen molar-refractivity contribution in [2.75, 3.05) is 11.9 Å². The molecule has 0 saturated carbocycles. The molecule has 88 valence electrons. The van der Waals surface area contributed by atoms with E-state index in [0.717, 1.165) is 6.07 Å². The van der Waals surface area contributed by atoms with Gasteiger partial charge in [-0.25, -0.2) is 0 Å². The van der Waals surface area contributed by atoms with Crippen molar-refractivity contribution in [2.45, 2.75) is 13.1 Å². The summed E-state index contributed by atoms with van der Waals surface area (Å²) in [5, 5.41) is 2.84. The lowest BCUT2D eigenvalue weighted by molar-refractivity contribution is -0.138. The van der Waals surface area contributed by atoms with E-state index < -0.39 is 11.7 Å². The van der Waals surface area contributed by atoms with E-state index in [1.807, 2.05) is 0 Å². The third-order valence-corrected chi connectivity index (χ3v) is 2.31. The Morgan fingerprint density at radius 2 is 2.06 bits per heavy atom. The number of hydrogen-bond acceptors (Lipinski definition) is 1. The monoisotopic (exact) mass is 293 g/mol. The summed E-state index contributed by atoms with van der Waals surface area (Å²) in [6.07, 6.45) is -4.31. The van der Waals surface area contributed by atoms with Crippen LogP contribution in [0.25, 0.3) is 0 Å². The van der Waals surface area contributed by atoms with Gasteiger partial charge in [-0.1, -0.05) is 28.6 Å². The highest BCUT2D eigenvalue weighted by molar-refractivity contribution is 9.11. The Morgan fingerprint density at radius 3 is 2.56 bits per heavy atom. The van der Waals surface area contributed by atoms with Gasteiger partial charge in [0.2, 0.25) is 0 Å². The zero-order valence-corrected chi connectivity index (χ0v) is 10.2. The molecule has 0 atom stereocenters. The lowest BCUT2D eigenvalue weighted by Crippen LogP contribution is -2.09. The second kappa shape index (κ2) is 4.91. The van der Waals surface area contributed by atoms with E-state index in [1.54, 1.807) is 6.07 Å². The number of benzene rings is 1. The van der Waals surface area contributed by atoms with Crippen molar-refractivity contribution in [3.63, 3.8) is 0 Å². The molecule has 1 rings (SSSR count). The van der Waals surface area contributed by atoms with E-state index in [0.29, 0.717) is 16.7 Å². The minimum Gasteiger partial charge on any atom is -0.380 e. The third kappa shape index (κ3) is 3.56. The number of hydrogen-bond donors (Lipinski definition) is 1. The fraction of sp³-hybridized carbons (Fsp3) is 0.273. The summed E-state index contributed by atoms with van der Waals surface area (Å²) >= 11 is 3.13. The van der Waals surface area contributed by atoms with Crippen molar-refractivity contribution in [2.24, 2.45) is 0 Å². The van der Waals surface area contributed by atoms with Crippen LogP contribution < -0.4 is 5.32 Å². The van der Waals surface area contributed by atoms with Crippen molar-refractivity contribution in [3.8, 4) is 0 Å². The Labute approximate surface area is 100 Å². The fourth-order valence-corrected chi connectivity index (χ4v) is 1.38. The van der Waals surface area contributed by atoms with Crippen molar-refractivity contribution >= 4 is 21.6 Å². The van der Waals surface area contributed by atoms with Crippen molar-refractivity contribution < 1.29 is 13.2 Å². The molecular formula is C11H11BrF3N. The molecule has 0 radical (unpaired) electrons. The van der Waals surface area contributed by atoms with Gasteiger partial charge in [0.25, 0.3) is 0 Å². The lowest BCUT2D eigenvalue weighted by atomic mass is 10.1. The smallest absolute Gasteiger partial charge is 0.380 e. The van der Waals surface area contributed by atoms with Crippen LogP contribution in [-0.2, 0) is 6.18 Å². The SMILES string of the molecule is C=C(Br)CNc1ccc(C)c(C(F)(F)F)c1. The molecule has 16 heavy (non-hydrogen) atoms. The zero-order valence-electron chi connectivity index (χ0n) is 8.66. The van der Waals surface area contributed by atoms with E-state index in [2.05, 4.69) is 27.8 Å². The molecule has 0 aliphatic rings. The first-order chi connectivity index (χ1) is 7.30. The molecule has 0 spiro atoms. The fourth-order valence-electron chi connectivity index (χ4n) is 1.24. The zero-order chi connectivity index (χ0) is 12.3. The van der Waals surface area contributed by atoms with Gasteiger partial charge in [-0.15, -0.1) is 0 Å². The summed E-state index contributed by atoms with van der Waals surface area (Å²) in [5.41, 5.74) is 0.0342. The molecule has 5 heteroatoms. The van der Waals surface area contributed by atoms with Crippen molar-refractivity contribution in [1.29, 1.82) is 0 Å². The standard InChI is InChI=1S/C11H11BrF3N/c1-7-3-4-9(16-6-8(2)12)5-10(7)11(13,14)15/h3-5,16H,2,6H2,1H3. The number of rotatable bonds is 3. The Balaban J connectivity index is 2.94. The van der Waals surface area contributed by atoms with E-state index in [9.17, 15) is 13.2 Å². The van der Waals surface area contributed by atoms with Crippen molar-refractivity contribution in [3.05, 3.63) is 40.4 Å². The molecule has 1 aromatic carbocycles. The quantitative estimate of drug-likeness (QED) is 0.874. The van der Waals surface area contributed by atoms with Gasteiger partial charge in [0.05, 0.1) is 5.56 Å². The Kier molecular flexibility index (Phi) is 4.02. The van der Waals surface area contributed by atoms with Gasteiger partial charge in [-0.3, -0.25) is 0 Å². The van der Waals surface area contributed by atoms with Gasteiger partial charge in [0.15, 0.2) is 0 Å². The van der Waals surface area contributed by atoms with Crippen LogP contribution in [0.2, 0.25) is 0 Å². The lowest BCUT2D eigenvalue weighted by Gasteiger charge is -2.13. The number of halogens is 4. The number of anilines is 1. The van der Waals surface area contributed by atoms with Crippen LogP contribution >= 0.6 is 15.9 Å². The minimum atomic E-state index is -4.31. The maximum atomic E-state index is 12.6. The van der Waals surface area contributed by atoms with Crippen LogP contribution in [-0.4, -0.2) is 6.54 Å². The Bertz CT molecular complexity index is 399. The summed E-state index contributed by atoms with van der Waals surface area (Å²) in [4.78, 5) is 0. The minimum absolute atomic E-state index is 0.218. The Morgan fingerprint density at radius 1 is 1.44 bits per heavy atom. The molecule has 0 unspecified atom stereocenters. The van der Waals surface area contributed by atoms with E-state index in [-0.39, 0.29) is 5.56 Å².